The molecule has 0 radical (unpaired) electrons. The molecule has 0 saturated carbocycles. The monoisotopic (exact) mass is 172 g/mol. The van der Waals surface area contributed by atoms with Gasteiger partial charge in [-0.05, 0) is 19.8 Å². The summed E-state index contributed by atoms with van der Waals surface area (Å²) in [5.74, 6) is 0.107. The second-order valence-electron chi connectivity index (χ2n) is 2.89. The summed E-state index contributed by atoms with van der Waals surface area (Å²) in [6, 6.07) is 0. The van der Waals surface area contributed by atoms with Gasteiger partial charge in [0.05, 0.1) is 12.2 Å². The van der Waals surface area contributed by atoms with Crippen LogP contribution < -0.4 is 0 Å². The molecule has 70 valence electrons. The van der Waals surface area contributed by atoms with Gasteiger partial charge in [-0.2, -0.15) is 0 Å². The van der Waals surface area contributed by atoms with E-state index >= 15 is 0 Å². The number of hydrogen-bond donors (Lipinski definition) is 2. The third-order valence-corrected chi connectivity index (χ3v) is 1.66. The molecule has 0 aromatic heterocycles. The Balaban J connectivity index is 3.49. The van der Waals surface area contributed by atoms with Gasteiger partial charge in [0.2, 0.25) is 0 Å². The molecule has 0 unspecified atom stereocenters. The van der Waals surface area contributed by atoms with Crippen LogP contribution in [0.2, 0.25) is 0 Å². The predicted octanol–water partition coefficient (Wildman–Crippen LogP) is 0.653. The quantitative estimate of drug-likeness (QED) is 0.578. The Labute approximate surface area is 72.7 Å². The van der Waals surface area contributed by atoms with Crippen molar-refractivity contribution in [2.24, 2.45) is 0 Å². The normalized spacial score (nSPS) is 15.2. The first-order valence-corrected chi connectivity index (χ1v) is 4.06. The number of rotatable bonds is 6. The van der Waals surface area contributed by atoms with Crippen molar-refractivity contribution >= 4 is 5.78 Å². The molecule has 0 rings (SSSR count). The lowest BCUT2D eigenvalue weighted by Crippen LogP contribution is -2.23. The molecule has 12 heavy (non-hydrogen) atoms. The van der Waals surface area contributed by atoms with Gasteiger partial charge in [-0.15, -0.1) is 6.58 Å². The Morgan fingerprint density at radius 1 is 1.58 bits per heavy atom. The summed E-state index contributed by atoms with van der Waals surface area (Å²) in [6.45, 7) is 4.86. The van der Waals surface area contributed by atoms with Gasteiger partial charge in [-0.25, -0.2) is 0 Å². The summed E-state index contributed by atoms with van der Waals surface area (Å²) in [4.78, 5) is 10.5. The fourth-order valence-corrected chi connectivity index (χ4v) is 0.888. The van der Waals surface area contributed by atoms with Crippen molar-refractivity contribution in [1.82, 2.24) is 0 Å². The number of carbonyl (C=O) groups excluding carboxylic acids is 1. The molecular formula is C9H16O3. The van der Waals surface area contributed by atoms with E-state index in [1.54, 1.807) is 0 Å². The largest absolute Gasteiger partial charge is 0.390 e. The van der Waals surface area contributed by atoms with Gasteiger partial charge in [0, 0.05) is 6.42 Å². The van der Waals surface area contributed by atoms with Crippen molar-refractivity contribution in [2.45, 2.75) is 38.4 Å². The Morgan fingerprint density at radius 2 is 2.17 bits per heavy atom. The van der Waals surface area contributed by atoms with Crippen LogP contribution in [0.4, 0.5) is 0 Å². The average molecular weight is 172 g/mol. The van der Waals surface area contributed by atoms with Gasteiger partial charge >= 0.3 is 0 Å². The smallest absolute Gasteiger partial charge is 0.129 e. The van der Waals surface area contributed by atoms with E-state index in [0.29, 0.717) is 19.3 Å². The zero-order valence-corrected chi connectivity index (χ0v) is 7.36. The van der Waals surface area contributed by atoms with Crippen LogP contribution in [-0.2, 0) is 4.79 Å². The van der Waals surface area contributed by atoms with Crippen molar-refractivity contribution in [3.8, 4) is 0 Å². The van der Waals surface area contributed by atoms with Crippen molar-refractivity contribution in [1.29, 1.82) is 0 Å². The molecule has 3 heteroatoms. The molecule has 0 fully saturated rings. The highest BCUT2D eigenvalue weighted by Crippen LogP contribution is 2.05. The minimum Gasteiger partial charge on any atom is -0.390 e. The van der Waals surface area contributed by atoms with E-state index in [1.165, 1.54) is 13.0 Å². The predicted molar refractivity (Wildman–Crippen MR) is 46.7 cm³/mol. The van der Waals surface area contributed by atoms with E-state index in [9.17, 15) is 9.90 Å². The topological polar surface area (TPSA) is 57.5 Å². The van der Waals surface area contributed by atoms with Gasteiger partial charge in [0.25, 0.3) is 0 Å². The third-order valence-electron chi connectivity index (χ3n) is 1.66. The van der Waals surface area contributed by atoms with Crippen molar-refractivity contribution in [3.63, 3.8) is 0 Å². The summed E-state index contributed by atoms with van der Waals surface area (Å²) < 4.78 is 0. The van der Waals surface area contributed by atoms with Gasteiger partial charge in [0.15, 0.2) is 0 Å². The third kappa shape index (κ3) is 5.04. The molecule has 0 heterocycles. The first-order chi connectivity index (χ1) is 5.57. The molecule has 0 aliphatic heterocycles. The van der Waals surface area contributed by atoms with E-state index in [-0.39, 0.29) is 5.78 Å². The lowest BCUT2D eigenvalue weighted by atomic mass is 10.1. The maximum Gasteiger partial charge on any atom is 0.129 e. The molecule has 0 spiro atoms. The molecule has 3 nitrogen and oxygen atoms in total. The Hall–Kier alpha value is -0.670. The van der Waals surface area contributed by atoms with Crippen LogP contribution in [-0.4, -0.2) is 28.2 Å². The maximum atomic E-state index is 10.5. The highest BCUT2D eigenvalue weighted by molar-refractivity contribution is 5.75. The van der Waals surface area contributed by atoms with Gasteiger partial charge in [0.1, 0.15) is 5.78 Å². The number of carbonyl (C=O) groups is 1. The lowest BCUT2D eigenvalue weighted by molar-refractivity contribution is -0.117. The van der Waals surface area contributed by atoms with E-state index in [0.717, 1.165) is 0 Å². The standard InChI is InChI=1S/C9H16O3/c1-3-8(11)9(12)6-4-5-7(2)10/h3,8-9,11-12H,1,4-6H2,2H3/t8-,9+/m1/s1. The molecule has 0 aromatic rings. The molecular weight excluding hydrogens is 156 g/mol. The van der Waals surface area contributed by atoms with Crippen LogP contribution in [0.1, 0.15) is 26.2 Å². The van der Waals surface area contributed by atoms with E-state index in [4.69, 9.17) is 5.11 Å². The summed E-state index contributed by atoms with van der Waals surface area (Å²) in [6.07, 6.45) is 1.13. The number of aliphatic hydroxyl groups is 2. The van der Waals surface area contributed by atoms with Gasteiger partial charge in [-0.3, -0.25) is 0 Å². The summed E-state index contributed by atoms with van der Waals surface area (Å²) in [5.41, 5.74) is 0. The zero-order valence-electron chi connectivity index (χ0n) is 7.36. The number of hydrogen-bond acceptors (Lipinski definition) is 3. The van der Waals surface area contributed by atoms with Gasteiger partial charge < -0.3 is 15.0 Å². The highest BCUT2D eigenvalue weighted by atomic mass is 16.3. The average Bonchev–Trinajstić information content (AvgIpc) is 2.02. The summed E-state index contributed by atoms with van der Waals surface area (Å²) in [5, 5.41) is 18.2. The summed E-state index contributed by atoms with van der Waals surface area (Å²) >= 11 is 0. The van der Waals surface area contributed by atoms with Crippen LogP contribution in [0.15, 0.2) is 12.7 Å². The number of Topliss-reactive ketones (excluding diaryl/α,β-unsaturated/α-hetero) is 1. The second kappa shape index (κ2) is 5.91. The van der Waals surface area contributed by atoms with Crippen molar-refractivity contribution in [2.75, 3.05) is 0 Å². The number of ketones is 1. The van der Waals surface area contributed by atoms with E-state index < -0.39 is 12.2 Å². The first kappa shape index (κ1) is 11.3. The Kier molecular flexibility index (Phi) is 5.58. The van der Waals surface area contributed by atoms with Crippen LogP contribution in [0, 0.1) is 0 Å². The van der Waals surface area contributed by atoms with E-state index in [2.05, 4.69) is 6.58 Å². The van der Waals surface area contributed by atoms with Crippen molar-refractivity contribution in [3.05, 3.63) is 12.7 Å². The fraction of sp³-hybridized carbons (Fsp3) is 0.667. The first-order valence-electron chi connectivity index (χ1n) is 4.06. The lowest BCUT2D eigenvalue weighted by Gasteiger charge is -2.12. The molecule has 2 atom stereocenters. The van der Waals surface area contributed by atoms with Crippen LogP contribution in [0.25, 0.3) is 0 Å². The Morgan fingerprint density at radius 3 is 2.58 bits per heavy atom. The molecule has 0 aromatic carbocycles. The molecule has 0 aliphatic carbocycles. The van der Waals surface area contributed by atoms with E-state index in [1.807, 2.05) is 0 Å². The Bertz CT molecular complexity index is 154. The highest BCUT2D eigenvalue weighted by Gasteiger charge is 2.11. The maximum absolute atomic E-state index is 10.5. The molecule has 0 bridgehead atoms. The molecule has 0 aliphatic rings. The van der Waals surface area contributed by atoms with Crippen LogP contribution in [0.5, 0.6) is 0 Å². The minimum absolute atomic E-state index is 0.107. The second-order valence-corrected chi connectivity index (χ2v) is 2.89. The SMILES string of the molecule is C=C[C@@H](O)[C@@H](O)CCCC(C)=O. The molecule has 0 amide bonds. The zero-order chi connectivity index (χ0) is 9.56. The van der Waals surface area contributed by atoms with Crippen LogP contribution in [0.3, 0.4) is 0 Å². The summed E-state index contributed by atoms with van der Waals surface area (Å²) in [7, 11) is 0. The fourth-order valence-electron chi connectivity index (χ4n) is 0.888. The molecule has 2 N–H and O–H groups in total. The van der Waals surface area contributed by atoms with Gasteiger partial charge in [-0.1, -0.05) is 6.08 Å². The van der Waals surface area contributed by atoms with Crippen molar-refractivity contribution < 1.29 is 15.0 Å². The van der Waals surface area contributed by atoms with Crippen LogP contribution >= 0.6 is 0 Å². The number of aliphatic hydroxyl groups excluding tert-OH is 2. The minimum atomic E-state index is -0.878. The molecule has 0 saturated heterocycles.